The number of aromatic nitrogens is 2. The van der Waals surface area contributed by atoms with Crippen LogP contribution in [0.25, 0.3) is 11.4 Å². The summed E-state index contributed by atoms with van der Waals surface area (Å²) in [6.45, 7) is 0. The van der Waals surface area contributed by atoms with E-state index in [1.165, 1.54) is 32.1 Å². The number of aryl methyl sites for hydroxylation is 1. The first-order valence-corrected chi connectivity index (χ1v) is 9.46. The van der Waals surface area contributed by atoms with Crippen molar-refractivity contribution < 1.29 is 9.32 Å². The lowest BCUT2D eigenvalue weighted by molar-refractivity contribution is -0.122. The van der Waals surface area contributed by atoms with Crippen LogP contribution in [0.2, 0.25) is 5.02 Å². The van der Waals surface area contributed by atoms with E-state index in [9.17, 15) is 4.79 Å². The average molecular weight is 362 g/mol. The lowest BCUT2D eigenvalue weighted by Crippen LogP contribution is -2.35. The Kier molecular flexibility index (Phi) is 6.45. The maximum atomic E-state index is 12.2. The van der Waals surface area contributed by atoms with Gasteiger partial charge in [0.15, 0.2) is 0 Å². The molecule has 6 heteroatoms. The largest absolute Gasteiger partial charge is 0.353 e. The fraction of sp³-hybridized carbons (Fsp3) is 0.526. The van der Waals surface area contributed by atoms with Crippen molar-refractivity contribution in [1.29, 1.82) is 0 Å². The lowest BCUT2D eigenvalue weighted by atomic mass is 9.96. The maximum absolute atomic E-state index is 12.2. The van der Waals surface area contributed by atoms with Gasteiger partial charge in [0.1, 0.15) is 0 Å². The SMILES string of the molecule is O=C(CCc1nc(-c2cccc(Cl)c2)no1)NC1CCCCCCC1. The molecule has 1 aromatic carbocycles. The molecule has 134 valence electrons. The van der Waals surface area contributed by atoms with E-state index >= 15 is 0 Å². The summed E-state index contributed by atoms with van der Waals surface area (Å²) in [6, 6.07) is 7.62. The summed E-state index contributed by atoms with van der Waals surface area (Å²) in [5.74, 6) is 1.04. The standard InChI is InChI=1S/C19H24ClN3O2/c20-15-8-6-7-14(13-15)19-22-18(25-23-19)12-11-17(24)21-16-9-4-2-1-3-5-10-16/h6-8,13,16H,1-5,9-12H2,(H,21,24). The summed E-state index contributed by atoms with van der Waals surface area (Å²) in [4.78, 5) is 16.5. The van der Waals surface area contributed by atoms with Crippen LogP contribution >= 0.6 is 11.6 Å². The highest BCUT2D eigenvalue weighted by Gasteiger charge is 2.15. The van der Waals surface area contributed by atoms with Crippen LogP contribution in [0.4, 0.5) is 0 Å². The van der Waals surface area contributed by atoms with E-state index in [-0.39, 0.29) is 5.91 Å². The number of benzene rings is 1. The molecule has 1 heterocycles. The zero-order valence-electron chi connectivity index (χ0n) is 14.3. The molecule has 25 heavy (non-hydrogen) atoms. The first-order valence-electron chi connectivity index (χ1n) is 9.08. The van der Waals surface area contributed by atoms with Crippen LogP contribution in [0.15, 0.2) is 28.8 Å². The van der Waals surface area contributed by atoms with Crippen LogP contribution in [0.1, 0.15) is 57.3 Å². The summed E-state index contributed by atoms with van der Waals surface area (Å²) < 4.78 is 5.25. The van der Waals surface area contributed by atoms with Crippen LogP contribution in [-0.4, -0.2) is 22.1 Å². The fourth-order valence-electron chi connectivity index (χ4n) is 3.22. The van der Waals surface area contributed by atoms with Gasteiger partial charge in [-0.3, -0.25) is 4.79 Å². The highest BCUT2D eigenvalue weighted by Crippen LogP contribution is 2.20. The minimum Gasteiger partial charge on any atom is -0.353 e. The average Bonchev–Trinajstić information content (AvgIpc) is 3.04. The van der Waals surface area contributed by atoms with Gasteiger partial charge in [-0.05, 0) is 25.0 Å². The summed E-state index contributed by atoms with van der Waals surface area (Å²) in [5.41, 5.74) is 0.807. The fourth-order valence-corrected chi connectivity index (χ4v) is 3.41. The summed E-state index contributed by atoms with van der Waals surface area (Å²) in [5, 5.41) is 7.75. The second kappa shape index (κ2) is 8.99. The minimum absolute atomic E-state index is 0.0630. The Balaban J connectivity index is 1.49. The molecular weight excluding hydrogens is 338 g/mol. The molecule has 1 aromatic heterocycles. The van der Waals surface area contributed by atoms with Gasteiger partial charge in [0.25, 0.3) is 0 Å². The van der Waals surface area contributed by atoms with Crippen LogP contribution in [0.3, 0.4) is 0 Å². The molecule has 1 fully saturated rings. The van der Waals surface area contributed by atoms with Crippen molar-refractivity contribution in [3.05, 3.63) is 35.2 Å². The predicted octanol–water partition coefficient (Wildman–Crippen LogP) is 4.55. The van der Waals surface area contributed by atoms with E-state index < -0.39 is 0 Å². The third-order valence-corrected chi connectivity index (χ3v) is 4.82. The topological polar surface area (TPSA) is 68.0 Å². The normalized spacial score (nSPS) is 16.2. The Labute approximate surface area is 153 Å². The molecule has 0 saturated heterocycles. The molecule has 1 saturated carbocycles. The van der Waals surface area contributed by atoms with Gasteiger partial charge in [-0.15, -0.1) is 0 Å². The van der Waals surface area contributed by atoms with Crippen molar-refractivity contribution in [3.8, 4) is 11.4 Å². The molecule has 0 unspecified atom stereocenters. The van der Waals surface area contributed by atoms with Gasteiger partial charge in [-0.25, -0.2) is 0 Å². The van der Waals surface area contributed by atoms with Gasteiger partial charge in [0.05, 0.1) is 0 Å². The molecule has 3 rings (SSSR count). The van der Waals surface area contributed by atoms with Gasteiger partial charge < -0.3 is 9.84 Å². The van der Waals surface area contributed by atoms with Crippen molar-refractivity contribution in [3.63, 3.8) is 0 Å². The van der Waals surface area contributed by atoms with E-state index in [1.54, 1.807) is 12.1 Å². The Morgan fingerprint density at radius 1 is 1.20 bits per heavy atom. The Bertz CT molecular complexity index is 693. The zero-order valence-corrected chi connectivity index (χ0v) is 15.1. The molecule has 5 nitrogen and oxygen atoms in total. The number of hydrogen-bond donors (Lipinski definition) is 1. The molecular formula is C19H24ClN3O2. The van der Waals surface area contributed by atoms with Crippen molar-refractivity contribution in [2.45, 2.75) is 63.8 Å². The van der Waals surface area contributed by atoms with Crippen LogP contribution in [0.5, 0.6) is 0 Å². The molecule has 0 aliphatic heterocycles. The molecule has 0 spiro atoms. The van der Waals surface area contributed by atoms with Crippen LogP contribution in [0, 0.1) is 0 Å². The number of carbonyl (C=O) groups excluding carboxylic acids is 1. The summed E-state index contributed by atoms with van der Waals surface area (Å²) in [7, 11) is 0. The monoisotopic (exact) mass is 361 g/mol. The van der Waals surface area contributed by atoms with E-state index in [0.29, 0.717) is 35.6 Å². The highest BCUT2D eigenvalue weighted by atomic mass is 35.5. The van der Waals surface area contributed by atoms with Crippen molar-refractivity contribution in [1.82, 2.24) is 15.5 Å². The second-order valence-corrected chi connectivity index (χ2v) is 7.07. The van der Waals surface area contributed by atoms with Crippen LogP contribution < -0.4 is 5.32 Å². The van der Waals surface area contributed by atoms with E-state index in [4.69, 9.17) is 16.1 Å². The first kappa shape index (κ1) is 17.9. The molecule has 0 bridgehead atoms. The van der Waals surface area contributed by atoms with Crippen molar-refractivity contribution >= 4 is 17.5 Å². The summed E-state index contributed by atoms with van der Waals surface area (Å²) in [6.07, 6.45) is 9.29. The van der Waals surface area contributed by atoms with Gasteiger partial charge in [0, 0.05) is 29.5 Å². The lowest BCUT2D eigenvalue weighted by Gasteiger charge is -2.20. The Morgan fingerprint density at radius 3 is 2.72 bits per heavy atom. The Morgan fingerprint density at radius 2 is 1.96 bits per heavy atom. The number of nitrogens with one attached hydrogen (secondary N) is 1. The number of amides is 1. The minimum atomic E-state index is 0.0630. The second-order valence-electron chi connectivity index (χ2n) is 6.63. The number of halogens is 1. The molecule has 0 atom stereocenters. The number of rotatable bonds is 5. The third kappa shape index (κ3) is 5.56. The molecule has 1 aliphatic rings. The highest BCUT2D eigenvalue weighted by molar-refractivity contribution is 6.30. The Hall–Kier alpha value is -1.88. The van der Waals surface area contributed by atoms with Gasteiger partial charge in [0.2, 0.25) is 17.6 Å². The molecule has 1 aliphatic carbocycles. The summed E-state index contributed by atoms with van der Waals surface area (Å²) >= 11 is 5.98. The third-order valence-electron chi connectivity index (χ3n) is 4.59. The van der Waals surface area contributed by atoms with Crippen molar-refractivity contribution in [2.24, 2.45) is 0 Å². The predicted molar refractivity (Wildman–Crippen MR) is 97.3 cm³/mol. The van der Waals surface area contributed by atoms with Crippen molar-refractivity contribution in [2.75, 3.05) is 0 Å². The number of carbonyl (C=O) groups is 1. The first-order chi connectivity index (χ1) is 12.2. The van der Waals surface area contributed by atoms with E-state index in [2.05, 4.69) is 15.5 Å². The smallest absolute Gasteiger partial charge is 0.227 e. The van der Waals surface area contributed by atoms with Crippen LogP contribution in [-0.2, 0) is 11.2 Å². The molecule has 1 amide bonds. The maximum Gasteiger partial charge on any atom is 0.227 e. The van der Waals surface area contributed by atoms with Gasteiger partial charge in [-0.1, -0.05) is 61.0 Å². The zero-order chi connectivity index (χ0) is 17.5. The van der Waals surface area contributed by atoms with Gasteiger partial charge >= 0.3 is 0 Å². The molecule has 2 aromatic rings. The number of nitrogens with zero attached hydrogens (tertiary/aromatic N) is 2. The quantitative estimate of drug-likeness (QED) is 0.848. The number of hydrogen-bond acceptors (Lipinski definition) is 4. The van der Waals surface area contributed by atoms with E-state index in [1.807, 2.05) is 12.1 Å². The van der Waals surface area contributed by atoms with E-state index in [0.717, 1.165) is 18.4 Å². The van der Waals surface area contributed by atoms with Gasteiger partial charge in [-0.2, -0.15) is 4.98 Å². The molecule has 1 N–H and O–H groups in total. The molecule has 0 radical (unpaired) electrons.